The average Bonchev–Trinajstić information content (AvgIpc) is 2.61. The van der Waals surface area contributed by atoms with Crippen molar-refractivity contribution in [2.24, 2.45) is 0 Å². The SMILES string of the molecule is O=S(=O)(N[C@H]1CCOc2ccccc21)C1=Cc2ccccc2CC1. The molecule has 4 rings (SSSR count). The molecule has 5 heteroatoms. The van der Waals surface area contributed by atoms with Crippen molar-refractivity contribution in [1.82, 2.24) is 4.72 Å². The van der Waals surface area contributed by atoms with Crippen molar-refractivity contribution in [3.8, 4) is 5.75 Å². The van der Waals surface area contributed by atoms with Crippen molar-refractivity contribution in [3.63, 3.8) is 0 Å². The molecule has 1 aliphatic carbocycles. The standard InChI is InChI=1S/C19H19NO3S/c21-24(22,16-10-9-14-5-1-2-6-15(14)13-16)20-18-11-12-23-19-8-4-3-7-17(18)19/h1-8,13,18,20H,9-12H2/t18-/m0/s1. The van der Waals surface area contributed by atoms with Gasteiger partial charge in [-0.15, -0.1) is 0 Å². The highest BCUT2D eigenvalue weighted by Crippen LogP contribution is 2.34. The summed E-state index contributed by atoms with van der Waals surface area (Å²) in [7, 11) is -3.51. The maximum absolute atomic E-state index is 12.9. The Labute approximate surface area is 142 Å². The minimum atomic E-state index is -3.51. The number of para-hydroxylation sites is 1. The van der Waals surface area contributed by atoms with Crippen molar-refractivity contribution < 1.29 is 13.2 Å². The Morgan fingerprint density at radius 3 is 2.71 bits per heavy atom. The molecule has 1 N–H and O–H groups in total. The molecule has 0 amide bonds. The lowest BCUT2D eigenvalue weighted by Crippen LogP contribution is -2.33. The molecule has 2 aromatic carbocycles. The Balaban J connectivity index is 1.63. The smallest absolute Gasteiger partial charge is 0.237 e. The zero-order valence-electron chi connectivity index (χ0n) is 13.2. The maximum atomic E-state index is 12.9. The molecular formula is C19H19NO3S. The van der Waals surface area contributed by atoms with Crippen LogP contribution in [-0.4, -0.2) is 15.0 Å². The van der Waals surface area contributed by atoms with Crippen LogP contribution in [0.15, 0.2) is 53.4 Å². The van der Waals surface area contributed by atoms with Crippen LogP contribution in [0.4, 0.5) is 0 Å². The van der Waals surface area contributed by atoms with Gasteiger partial charge in [0, 0.05) is 12.0 Å². The number of rotatable bonds is 3. The number of benzene rings is 2. The van der Waals surface area contributed by atoms with Gasteiger partial charge in [0.25, 0.3) is 0 Å². The molecule has 0 radical (unpaired) electrons. The predicted molar refractivity (Wildman–Crippen MR) is 94.1 cm³/mol. The Morgan fingerprint density at radius 2 is 1.79 bits per heavy atom. The lowest BCUT2D eigenvalue weighted by atomic mass is 9.98. The van der Waals surface area contributed by atoms with Gasteiger partial charge in [0.1, 0.15) is 5.75 Å². The van der Waals surface area contributed by atoms with Gasteiger partial charge in [0.15, 0.2) is 0 Å². The van der Waals surface area contributed by atoms with Crippen LogP contribution in [0.5, 0.6) is 5.75 Å². The molecule has 0 aromatic heterocycles. The van der Waals surface area contributed by atoms with E-state index >= 15 is 0 Å². The summed E-state index contributed by atoms with van der Waals surface area (Å²) in [6, 6.07) is 15.3. The van der Waals surface area contributed by atoms with Gasteiger partial charge in [-0.05, 0) is 36.1 Å². The van der Waals surface area contributed by atoms with Gasteiger partial charge in [0.2, 0.25) is 10.0 Å². The quantitative estimate of drug-likeness (QED) is 0.931. The lowest BCUT2D eigenvalue weighted by molar-refractivity contribution is 0.263. The number of ether oxygens (including phenoxy) is 1. The largest absolute Gasteiger partial charge is 0.493 e. The first kappa shape index (κ1) is 15.4. The van der Waals surface area contributed by atoms with Gasteiger partial charge >= 0.3 is 0 Å². The summed E-state index contributed by atoms with van der Waals surface area (Å²) in [5.74, 6) is 0.763. The molecule has 0 saturated carbocycles. The van der Waals surface area contributed by atoms with Crippen molar-refractivity contribution in [2.75, 3.05) is 6.61 Å². The summed E-state index contributed by atoms with van der Waals surface area (Å²) in [6.07, 6.45) is 3.73. The third-order valence-corrected chi connectivity index (χ3v) is 6.22. The van der Waals surface area contributed by atoms with Crippen molar-refractivity contribution >= 4 is 16.1 Å². The topological polar surface area (TPSA) is 55.4 Å². The molecule has 24 heavy (non-hydrogen) atoms. The number of hydrogen-bond acceptors (Lipinski definition) is 3. The summed E-state index contributed by atoms with van der Waals surface area (Å²) in [5.41, 5.74) is 3.11. The minimum absolute atomic E-state index is 0.238. The summed E-state index contributed by atoms with van der Waals surface area (Å²) >= 11 is 0. The van der Waals surface area contributed by atoms with E-state index < -0.39 is 10.0 Å². The molecule has 0 saturated heterocycles. The zero-order chi connectivity index (χ0) is 16.6. The van der Waals surface area contributed by atoms with Gasteiger partial charge in [0.05, 0.1) is 17.6 Å². The molecule has 0 unspecified atom stereocenters. The van der Waals surface area contributed by atoms with E-state index in [4.69, 9.17) is 4.74 Å². The fourth-order valence-corrected chi connectivity index (χ4v) is 4.77. The highest BCUT2D eigenvalue weighted by Gasteiger charge is 2.28. The van der Waals surface area contributed by atoms with E-state index in [1.807, 2.05) is 42.5 Å². The van der Waals surface area contributed by atoms with Crippen molar-refractivity contribution in [1.29, 1.82) is 0 Å². The molecular weight excluding hydrogens is 322 g/mol. The number of aryl methyl sites for hydroxylation is 1. The van der Waals surface area contributed by atoms with Crippen molar-refractivity contribution in [2.45, 2.75) is 25.3 Å². The second-order valence-electron chi connectivity index (χ2n) is 6.16. The van der Waals surface area contributed by atoms with E-state index in [2.05, 4.69) is 10.8 Å². The Morgan fingerprint density at radius 1 is 1.00 bits per heavy atom. The highest BCUT2D eigenvalue weighted by molar-refractivity contribution is 7.93. The van der Waals surface area contributed by atoms with Gasteiger partial charge in [-0.3, -0.25) is 0 Å². The van der Waals surface area contributed by atoms with Crippen LogP contribution in [-0.2, 0) is 16.4 Å². The van der Waals surface area contributed by atoms with Gasteiger partial charge in [-0.2, -0.15) is 0 Å². The van der Waals surface area contributed by atoms with E-state index in [1.54, 1.807) is 6.08 Å². The van der Waals surface area contributed by atoms with Crippen LogP contribution in [0.25, 0.3) is 6.08 Å². The monoisotopic (exact) mass is 341 g/mol. The number of allylic oxidation sites excluding steroid dienone is 1. The maximum Gasteiger partial charge on any atom is 0.237 e. The fourth-order valence-electron chi connectivity index (χ4n) is 3.35. The molecule has 1 aliphatic heterocycles. The van der Waals surface area contributed by atoms with E-state index in [1.165, 1.54) is 5.56 Å². The third kappa shape index (κ3) is 2.85. The molecule has 1 heterocycles. The van der Waals surface area contributed by atoms with Crippen LogP contribution < -0.4 is 9.46 Å². The number of nitrogens with one attached hydrogen (secondary N) is 1. The van der Waals surface area contributed by atoms with E-state index in [0.717, 1.165) is 23.3 Å². The average molecular weight is 341 g/mol. The zero-order valence-corrected chi connectivity index (χ0v) is 14.1. The van der Waals surface area contributed by atoms with Crippen molar-refractivity contribution in [3.05, 3.63) is 70.1 Å². The van der Waals surface area contributed by atoms with Gasteiger partial charge in [-0.1, -0.05) is 42.5 Å². The Kier molecular flexibility index (Phi) is 3.90. The van der Waals surface area contributed by atoms with Gasteiger partial charge in [-0.25, -0.2) is 13.1 Å². The van der Waals surface area contributed by atoms with E-state index in [9.17, 15) is 8.42 Å². The lowest BCUT2D eigenvalue weighted by Gasteiger charge is -2.27. The molecule has 2 aromatic rings. The first-order valence-corrected chi connectivity index (χ1v) is 9.64. The summed E-state index contributed by atoms with van der Waals surface area (Å²) < 4.78 is 34.2. The second kappa shape index (κ2) is 6.07. The number of sulfonamides is 1. The third-order valence-electron chi connectivity index (χ3n) is 4.61. The van der Waals surface area contributed by atoms with Crippen LogP contribution in [0, 0.1) is 0 Å². The Hall–Kier alpha value is -2.11. The molecule has 4 nitrogen and oxygen atoms in total. The van der Waals surface area contributed by atoms with Crippen LogP contribution in [0.1, 0.15) is 35.6 Å². The van der Waals surface area contributed by atoms with Crippen LogP contribution >= 0.6 is 0 Å². The minimum Gasteiger partial charge on any atom is -0.493 e. The molecule has 0 spiro atoms. The number of hydrogen-bond donors (Lipinski definition) is 1. The molecule has 0 bridgehead atoms. The second-order valence-corrected chi connectivity index (χ2v) is 7.93. The first-order valence-electron chi connectivity index (χ1n) is 8.16. The predicted octanol–water partition coefficient (Wildman–Crippen LogP) is 3.42. The summed E-state index contributed by atoms with van der Waals surface area (Å²) in [4.78, 5) is 0.463. The summed E-state index contributed by atoms with van der Waals surface area (Å²) in [6.45, 7) is 0.520. The molecule has 124 valence electrons. The number of fused-ring (bicyclic) bond motifs is 2. The van der Waals surface area contributed by atoms with Gasteiger partial charge < -0.3 is 4.74 Å². The molecule has 0 fully saturated rings. The summed E-state index contributed by atoms with van der Waals surface area (Å²) in [5, 5.41) is 0. The Bertz CT molecular complexity index is 902. The fraction of sp³-hybridized carbons (Fsp3) is 0.263. The molecule has 2 aliphatic rings. The highest BCUT2D eigenvalue weighted by atomic mass is 32.2. The normalized spacial score (nSPS) is 19.7. The van der Waals surface area contributed by atoms with Crippen LogP contribution in [0.3, 0.4) is 0 Å². The first-order chi connectivity index (χ1) is 11.6. The van der Waals surface area contributed by atoms with E-state index in [-0.39, 0.29) is 6.04 Å². The van der Waals surface area contributed by atoms with Crippen LogP contribution in [0.2, 0.25) is 0 Å². The van der Waals surface area contributed by atoms with E-state index in [0.29, 0.717) is 24.4 Å². The molecule has 1 atom stereocenters.